The van der Waals surface area contributed by atoms with Crippen LogP contribution in [0.15, 0.2) is 16.6 Å². The Balaban J connectivity index is 0.00000131. The van der Waals surface area contributed by atoms with Crippen LogP contribution in [0.3, 0.4) is 0 Å². The zero-order valence-corrected chi connectivity index (χ0v) is 56.7. The summed E-state index contributed by atoms with van der Waals surface area (Å²) in [4.78, 5) is 63.1. The second-order valence-corrected chi connectivity index (χ2v) is 24.7. The van der Waals surface area contributed by atoms with Gasteiger partial charge in [0.2, 0.25) is 5.43 Å². The minimum absolute atomic E-state index is 0.0470. The van der Waals surface area contributed by atoms with Crippen LogP contribution in [0.1, 0.15) is 209 Å². The fourth-order valence-electron chi connectivity index (χ4n) is 11.1. The SMILES string of the molecule is CC.CC.CC.CC1C[C@H](O)OC(C)[C@@H]1OCCS(=O)CCNCCCC1=Cc2c(n(N(C)C)cc(C(=O)O)c2=O)CCC1.CCC(=O)C(C)CCCC(C)(C[C@@H](C)C(=O)[C@H](C)C1OC(=O)O[C@]1(C)CC)OC.C[C@@H]1C[C@H](N(C)C)C(O)CO1. The quantitative estimate of drug-likeness (QED) is 0.0473. The van der Waals surface area contributed by atoms with Crippen LogP contribution in [0.5, 0.6) is 0 Å². The number of fused-ring (bicyclic) bond motifs is 1. The predicted molar refractivity (Wildman–Crippen MR) is 338 cm³/mol. The molecule has 0 aromatic carbocycles. The van der Waals surface area contributed by atoms with Gasteiger partial charge in [-0.25, -0.2) is 9.59 Å². The van der Waals surface area contributed by atoms with Crippen LogP contribution in [0.25, 0.3) is 6.08 Å². The summed E-state index contributed by atoms with van der Waals surface area (Å²) < 4.78 is 47.2. The van der Waals surface area contributed by atoms with E-state index in [2.05, 4.69) is 10.2 Å². The van der Waals surface area contributed by atoms with Crippen molar-refractivity contribution in [3.05, 3.63) is 38.8 Å². The van der Waals surface area contributed by atoms with Gasteiger partial charge in [-0.15, -0.1) is 0 Å². The molecule has 19 nitrogen and oxygen atoms in total. The number of carboxylic acids is 1. The van der Waals surface area contributed by atoms with Crippen molar-refractivity contribution in [2.75, 3.05) is 78.1 Å². The summed E-state index contributed by atoms with van der Waals surface area (Å²) in [6, 6.07) is 0.263. The smallest absolute Gasteiger partial charge is 0.477 e. The fraction of sp³-hybridized carbons (Fsp3) is 0.828. The average Bonchev–Trinajstić information content (AvgIpc) is 3.85. The second-order valence-electron chi connectivity index (χ2n) is 23.0. The van der Waals surface area contributed by atoms with Crippen molar-refractivity contribution >= 4 is 40.6 Å². The van der Waals surface area contributed by atoms with Crippen LogP contribution in [0.2, 0.25) is 0 Å². The number of pyridine rings is 1. The molecule has 4 aliphatic rings. The Morgan fingerprint density at radius 3 is 2.13 bits per heavy atom. The van der Waals surface area contributed by atoms with E-state index in [0.717, 1.165) is 69.2 Å². The van der Waals surface area contributed by atoms with E-state index >= 15 is 0 Å². The molecule has 20 heteroatoms. The molecule has 1 aliphatic carbocycles. The first-order chi connectivity index (χ1) is 39.6. The first-order valence-electron chi connectivity index (χ1n) is 31.5. The minimum atomic E-state index is -1.22. The molecule has 3 fully saturated rings. The molecule has 84 heavy (non-hydrogen) atoms. The number of carboxylic acid groups (broad SMARTS) is 1. The van der Waals surface area contributed by atoms with Crippen LogP contribution in [0, 0.1) is 23.7 Å². The third-order valence-electron chi connectivity index (χ3n) is 16.1. The summed E-state index contributed by atoms with van der Waals surface area (Å²) in [5.74, 6) is -0.318. The molecular weight excluding hydrogens is 1100 g/mol. The average molecular weight is 1220 g/mol. The summed E-state index contributed by atoms with van der Waals surface area (Å²) in [7, 11) is 8.33. The molecule has 3 aliphatic heterocycles. The van der Waals surface area contributed by atoms with E-state index in [9.17, 15) is 43.5 Å². The Morgan fingerprint density at radius 1 is 0.940 bits per heavy atom. The maximum atomic E-state index is 13.1. The molecule has 7 unspecified atom stereocenters. The van der Waals surface area contributed by atoms with Gasteiger partial charge in [0.05, 0.1) is 54.8 Å². The maximum absolute atomic E-state index is 13.1. The van der Waals surface area contributed by atoms with Gasteiger partial charge in [-0.3, -0.25) is 23.3 Å². The lowest BCUT2D eigenvalue weighted by Crippen LogP contribution is -2.47. The normalized spacial score (nSPS) is 25.6. The molecule has 0 spiro atoms. The van der Waals surface area contributed by atoms with Crippen LogP contribution < -0.4 is 15.8 Å². The van der Waals surface area contributed by atoms with Gasteiger partial charge in [-0.2, -0.15) is 0 Å². The standard InChI is InChI=1S/C27H43N3O7S.C23H40O6.C8H17NO2.3C2H6/c1-18-15-24(31)37-19(2)26(18)36-12-14-38(35)13-11-28-10-6-8-20-7-5-9-23-21(16-20)25(32)22(27(33)34)17-30(23)29(3)4;1-9-18(24)15(3)12-11-13-22(6,27-8)14-16(4)19(25)17(5)20-23(7,10-2)29-21(26)28-20;1-6-4-7(9(2)3)8(10)5-11-6;3*1-2/h16-19,24,26,28,31H,5-15H2,1-4H3,(H,33,34);15-17,20H,9-14H2,1-8H3;6-8,10H,4-5H2,1-3H3;3*1-2H3/t18?,19?,24-,26-,38?;15?,16-,17+,20?,22?,23-;6-,7+,8?;;;/m111.../s1. The molecule has 490 valence electrons. The third kappa shape index (κ3) is 26.4. The first-order valence-corrected chi connectivity index (χ1v) is 33.0. The lowest BCUT2D eigenvalue weighted by Gasteiger charge is -2.37. The number of methoxy groups -OCH3 is 1. The Bertz CT molecular complexity index is 2180. The Labute approximate surface area is 509 Å². The Morgan fingerprint density at radius 2 is 1.58 bits per heavy atom. The number of cyclic esters (lactones) is 2. The van der Waals surface area contributed by atoms with Gasteiger partial charge in [0.1, 0.15) is 17.1 Å². The van der Waals surface area contributed by atoms with Crippen molar-refractivity contribution in [3.8, 4) is 0 Å². The largest absolute Gasteiger partial charge is 0.509 e. The molecule has 0 radical (unpaired) electrons. The maximum Gasteiger partial charge on any atom is 0.509 e. The van der Waals surface area contributed by atoms with Crippen molar-refractivity contribution in [3.63, 3.8) is 0 Å². The number of hydrogen-bond donors (Lipinski definition) is 4. The van der Waals surface area contributed by atoms with Crippen molar-refractivity contribution in [2.45, 2.75) is 248 Å². The minimum Gasteiger partial charge on any atom is -0.477 e. The molecule has 1 aromatic heterocycles. The van der Waals surface area contributed by atoms with Crippen molar-refractivity contribution < 1.29 is 67.1 Å². The van der Waals surface area contributed by atoms with E-state index in [1.807, 2.05) is 145 Å². The lowest BCUT2D eigenvalue weighted by molar-refractivity contribution is -0.220. The molecule has 4 heterocycles. The summed E-state index contributed by atoms with van der Waals surface area (Å²) in [5.41, 5.74) is 0.619. The Kier molecular flexibility index (Phi) is 39.8. The van der Waals surface area contributed by atoms with Crippen LogP contribution in [-0.4, -0.2) is 180 Å². The lowest BCUT2D eigenvalue weighted by atomic mass is 9.78. The monoisotopic (exact) mass is 1210 g/mol. The molecule has 3 saturated heterocycles. The number of nitrogens with zero attached hydrogens (tertiary/aromatic N) is 3. The van der Waals surface area contributed by atoms with Gasteiger partial charge in [-0.05, 0) is 131 Å². The molecule has 14 atom stereocenters. The van der Waals surface area contributed by atoms with Gasteiger partial charge < -0.3 is 59.0 Å². The number of nitrogens with one attached hydrogen (secondary N) is 1. The molecule has 0 saturated carbocycles. The number of carbonyl (C=O) groups excluding carboxylic acids is 3. The highest BCUT2D eigenvalue weighted by atomic mass is 32.2. The predicted octanol–water partition coefficient (Wildman–Crippen LogP) is 10.0. The van der Waals surface area contributed by atoms with Crippen molar-refractivity contribution in [1.82, 2.24) is 14.9 Å². The van der Waals surface area contributed by atoms with E-state index in [4.69, 9.17) is 28.4 Å². The van der Waals surface area contributed by atoms with Crippen LogP contribution >= 0.6 is 0 Å². The highest BCUT2D eigenvalue weighted by Crippen LogP contribution is 2.37. The number of allylic oxidation sites excluding steroid dienone is 1. The summed E-state index contributed by atoms with van der Waals surface area (Å²) >= 11 is 0. The topological polar surface area (TPSA) is 242 Å². The number of aromatic nitrogens is 1. The second kappa shape index (κ2) is 41.5. The van der Waals surface area contributed by atoms with E-state index in [0.29, 0.717) is 68.9 Å². The number of aliphatic hydroxyl groups is 2. The van der Waals surface area contributed by atoms with Gasteiger partial charge >= 0.3 is 12.1 Å². The van der Waals surface area contributed by atoms with Gasteiger partial charge in [0, 0.05) is 92.5 Å². The number of ether oxygens (including phenoxy) is 6. The van der Waals surface area contributed by atoms with E-state index < -0.39 is 57.9 Å². The molecule has 0 amide bonds. The van der Waals surface area contributed by atoms with Gasteiger partial charge in [-0.1, -0.05) is 88.7 Å². The van der Waals surface area contributed by atoms with Crippen molar-refractivity contribution in [2.24, 2.45) is 23.7 Å². The molecule has 0 bridgehead atoms. The number of likely N-dealkylation sites (N-methyl/N-ethyl adjacent to an activating group) is 1. The van der Waals surface area contributed by atoms with Gasteiger partial charge in [0.25, 0.3) is 0 Å². The fourth-order valence-corrected chi connectivity index (χ4v) is 11.9. The zero-order chi connectivity index (χ0) is 64.7. The van der Waals surface area contributed by atoms with E-state index in [1.54, 1.807) is 16.8 Å². The number of hydrogen-bond acceptors (Lipinski definition) is 17. The number of ketones is 2. The van der Waals surface area contributed by atoms with E-state index in [1.165, 1.54) is 6.20 Å². The van der Waals surface area contributed by atoms with Crippen LogP contribution in [0.4, 0.5) is 4.79 Å². The Hall–Kier alpha value is -3.60. The van der Waals surface area contributed by atoms with Crippen LogP contribution in [-0.2, 0) is 55.2 Å². The summed E-state index contributed by atoms with van der Waals surface area (Å²) in [5, 5.41) is 33.8. The molecular formula is C64H118N4O15S. The summed E-state index contributed by atoms with van der Waals surface area (Å²) in [6.45, 7) is 33.6. The van der Waals surface area contributed by atoms with Crippen molar-refractivity contribution in [1.29, 1.82) is 0 Å². The first kappa shape index (κ1) is 80.4. The van der Waals surface area contributed by atoms with Gasteiger partial charge in [0.15, 0.2) is 18.0 Å². The molecule has 4 N–H and O–H groups in total. The zero-order valence-electron chi connectivity index (χ0n) is 55.9. The van der Waals surface area contributed by atoms with E-state index in [-0.39, 0.29) is 65.3 Å². The molecule has 1 aromatic rings. The number of rotatable bonds is 27. The molecule has 5 rings (SSSR count). The highest BCUT2D eigenvalue weighted by Gasteiger charge is 2.51. The highest BCUT2D eigenvalue weighted by molar-refractivity contribution is 7.85. The number of aliphatic hydroxyl groups excluding tert-OH is 2. The number of aromatic carboxylic acids is 1. The third-order valence-corrected chi connectivity index (χ3v) is 17.4. The summed E-state index contributed by atoms with van der Waals surface area (Å²) in [6.07, 6.45) is 10.8. The number of carbonyl (C=O) groups is 4. The number of Topliss-reactive ketones (excluding diaryl/α,β-unsaturated/α-hetero) is 2.